The Hall–Kier alpha value is -4.80. The molecule has 0 aliphatic carbocycles. The van der Waals surface area contributed by atoms with Crippen molar-refractivity contribution in [2.24, 2.45) is 0 Å². The molecule has 2 amide bonds. The lowest BCUT2D eigenvalue weighted by Crippen LogP contribution is -2.37. The van der Waals surface area contributed by atoms with Crippen LogP contribution in [0, 0.1) is 0 Å². The van der Waals surface area contributed by atoms with E-state index in [0.29, 0.717) is 32.1 Å². The van der Waals surface area contributed by atoms with Gasteiger partial charge in [-0.3, -0.25) is 4.90 Å². The van der Waals surface area contributed by atoms with E-state index in [-0.39, 0.29) is 18.2 Å². The van der Waals surface area contributed by atoms with Crippen molar-refractivity contribution in [3.8, 4) is 28.3 Å². The molecule has 1 unspecified atom stereocenters. The summed E-state index contributed by atoms with van der Waals surface area (Å²) in [5, 5.41) is 0. The van der Waals surface area contributed by atoms with Gasteiger partial charge in [0.2, 0.25) is 0 Å². The molecule has 11 heteroatoms. The number of ether oxygens (including phenoxy) is 3. The molecule has 0 bridgehead atoms. The zero-order valence-corrected chi connectivity index (χ0v) is 29.1. The monoisotopic (exact) mass is 656 g/mol. The molecule has 1 atom stereocenters. The molecule has 11 nitrogen and oxygen atoms in total. The number of aromatic nitrogens is 4. The number of H-pyrrole nitrogens is 2. The first kappa shape index (κ1) is 34.5. The highest BCUT2D eigenvalue weighted by Crippen LogP contribution is 2.33. The van der Waals surface area contributed by atoms with Gasteiger partial charge < -0.3 is 29.1 Å². The molecule has 256 valence electrons. The van der Waals surface area contributed by atoms with Crippen LogP contribution in [0.15, 0.2) is 60.9 Å². The number of nitrogens with one attached hydrogen (secondary N) is 2. The number of likely N-dealkylation sites (tertiary alicyclic amines) is 1. The molecule has 5 rings (SSSR count). The van der Waals surface area contributed by atoms with Crippen LogP contribution < -0.4 is 4.74 Å². The molecular weight excluding hydrogens is 608 g/mol. The minimum atomic E-state index is -0.556. The smallest absolute Gasteiger partial charge is 0.410 e. The van der Waals surface area contributed by atoms with Crippen molar-refractivity contribution < 1.29 is 23.8 Å². The van der Waals surface area contributed by atoms with E-state index >= 15 is 0 Å². The summed E-state index contributed by atoms with van der Waals surface area (Å²) >= 11 is 0. The number of nitrogens with zero attached hydrogens (tertiary/aromatic N) is 4. The summed E-state index contributed by atoms with van der Waals surface area (Å²) in [6, 6.07) is 15.9. The summed E-state index contributed by atoms with van der Waals surface area (Å²) in [4.78, 5) is 44.7. The van der Waals surface area contributed by atoms with E-state index in [1.807, 2.05) is 103 Å². The summed E-state index contributed by atoms with van der Waals surface area (Å²) in [5.74, 6) is 2.22. The first-order valence-corrected chi connectivity index (χ1v) is 16.7. The second kappa shape index (κ2) is 14.5. The SMILES string of the molecule is CCCN(Cc1ncc(-c2ccc(OCc3ccc(-c4cnc(C5CCCN5C(=O)OC(C)(C)C)[nH]4)cc3)cc2)[nH]1)C(=O)OC(C)(C)C. The maximum absolute atomic E-state index is 12.7. The predicted octanol–water partition coefficient (Wildman–Crippen LogP) is 8.26. The number of amides is 2. The summed E-state index contributed by atoms with van der Waals surface area (Å²) in [6.07, 6.45) is 5.53. The van der Waals surface area contributed by atoms with Crippen molar-refractivity contribution in [3.05, 3.63) is 78.1 Å². The molecule has 1 fully saturated rings. The van der Waals surface area contributed by atoms with Gasteiger partial charge in [0, 0.05) is 13.1 Å². The summed E-state index contributed by atoms with van der Waals surface area (Å²) in [6.45, 7) is 15.3. The van der Waals surface area contributed by atoms with E-state index in [4.69, 9.17) is 14.2 Å². The number of benzene rings is 2. The molecule has 2 aromatic carbocycles. The summed E-state index contributed by atoms with van der Waals surface area (Å²) in [5.41, 5.74) is 3.67. The summed E-state index contributed by atoms with van der Waals surface area (Å²) < 4.78 is 17.2. The molecule has 0 radical (unpaired) electrons. The predicted molar refractivity (Wildman–Crippen MR) is 184 cm³/mol. The maximum atomic E-state index is 12.7. The molecule has 0 spiro atoms. The van der Waals surface area contributed by atoms with Gasteiger partial charge in [-0.05, 0) is 102 Å². The Morgan fingerprint density at radius 1 is 0.875 bits per heavy atom. The average molecular weight is 657 g/mol. The van der Waals surface area contributed by atoms with Crippen molar-refractivity contribution >= 4 is 12.2 Å². The molecule has 1 aliphatic rings. The van der Waals surface area contributed by atoms with Crippen LogP contribution >= 0.6 is 0 Å². The van der Waals surface area contributed by atoms with Crippen LogP contribution in [0.1, 0.15) is 91.0 Å². The Bertz CT molecular complexity index is 1660. The van der Waals surface area contributed by atoms with Gasteiger partial charge >= 0.3 is 12.2 Å². The lowest BCUT2D eigenvalue weighted by atomic mass is 10.1. The Morgan fingerprint density at radius 3 is 2.15 bits per heavy atom. The Kier molecular flexibility index (Phi) is 10.5. The second-order valence-electron chi connectivity index (χ2n) is 14.2. The van der Waals surface area contributed by atoms with Gasteiger partial charge in [-0.2, -0.15) is 0 Å². The van der Waals surface area contributed by atoms with E-state index in [1.54, 1.807) is 16.0 Å². The van der Waals surface area contributed by atoms with Crippen LogP contribution in [-0.4, -0.2) is 66.2 Å². The maximum Gasteiger partial charge on any atom is 0.410 e. The molecule has 1 aliphatic heterocycles. The van der Waals surface area contributed by atoms with E-state index < -0.39 is 11.2 Å². The standard InChI is InChI=1S/C37H48N6O5/c1-8-19-42(34(44)47-36(2,3)4)23-32-38-21-29(40-32)27-15-17-28(18-16-27)46-24-25-11-13-26(14-12-25)30-22-39-33(41-30)31-10-9-20-43(31)35(45)48-37(5,6)7/h11-18,21-22,31H,8-10,19-20,23-24H2,1-7H3,(H,38,40)(H,39,41). The van der Waals surface area contributed by atoms with Gasteiger partial charge in [-0.1, -0.05) is 31.2 Å². The Balaban J connectivity index is 1.14. The van der Waals surface area contributed by atoms with E-state index in [2.05, 4.69) is 19.9 Å². The van der Waals surface area contributed by atoms with Crippen LogP contribution in [-0.2, 0) is 22.6 Å². The minimum Gasteiger partial charge on any atom is -0.489 e. The first-order valence-electron chi connectivity index (χ1n) is 16.7. The van der Waals surface area contributed by atoms with Crippen molar-refractivity contribution in [3.63, 3.8) is 0 Å². The van der Waals surface area contributed by atoms with Gasteiger partial charge in [0.15, 0.2) is 0 Å². The molecule has 0 saturated carbocycles. The van der Waals surface area contributed by atoms with E-state index in [9.17, 15) is 9.59 Å². The van der Waals surface area contributed by atoms with Crippen LogP contribution in [0.4, 0.5) is 9.59 Å². The fourth-order valence-corrected chi connectivity index (χ4v) is 5.52. The third-order valence-electron chi connectivity index (χ3n) is 7.74. The van der Waals surface area contributed by atoms with Crippen LogP contribution in [0.25, 0.3) is 22.5 Å². The van der Waals surface area contributed by atoms with Crippen LogP contribution in [0.2, 0.25) is 0 Å². The molecule has 1 saturated heterocycles. The van der Waals surface area contributed by atoms with Gasteiger partial charge in [-0.15, -0.1) is 0 Å². The number of carbonyl (C=O) groups excluding carboxylic acids is 2. The third-order valence-corrected chi connectivity index (χ3v) is 7.74. The Morgan fingerprint density at radius 2 is 1.50 bits per heavy atom. The zero-order chi connectivity index (χ0) is 34.5. The largest absolute Gasteiger partial charge is 0.489 e. The highest BCUT2D eigenvalue weighted by molar-refractivity contribution is 5.69. The van der Waals surface area contributed by atoms with E-state index in [0.717, 1.165) is 58.9 Å². The molecular formula is C37H48N6O5. The van der Waals surface area contributed by atoms with Crippen molar-refractivity contribution in [2.45, 2.75) is 98.1 Å². The van der Waals surface area contributed by atoms with E-state index in [1.165, 1.54) is 0 Å². The highest BCUT2D eigenvalue weighted by Gasteiger charge is 2.35. The van der Waals surface area contributed by atoms with Crippen molar-refractivity contribution in [1.29, 1.82) is 0 Å². The normalized spacial score (nSPS) is 15.0. The lowest BCUT2D eigenvalue weighted by Gasteiger charge is -2.27. The topological polar surface area (TPSA) is 126 Å². The van der Waals surface area contributed by atoms with Gasteiger partial charge in [-0.25, -0.2) is 19.6 Å². The molecule has 48 heavy (non-hydrogen) atoms. The number of imidazole rings is 2. The molecule has 4 aromatic rings. The lowest BCUT2D eigenvalue weighted by molar-refractivity contribution is 0.0212. The Labute approximate surface area is 283 Å². The van der Waals surface area contributed by atoms with Crippen molar-refractivity contribution in [1.82, 2.24) is 29.7 Å². The van der Waals surface area contributed by atoms with Gasteiger partial charge in [0.25, 0.3) is 0 Å². The van der Waals surface area contributed by atoms with Crippen LogP contribution in [0.3, 0.4) is 0 Å². The second-order valence-corrected chi connectivity index (χ2v) is 14.2. The quantitative estimate of drug-likeness (QED) is 0.176. The molecule has 3 heterocycles. The molecule has 2 aromatic heterocycles. The minimum absolute atomic E-state index is 0.122. The number of rotatable bonds is 10. The molecule has 2 N–H and O–H groups in total. The van der Waals surface area contributed by atoms with Crippen molar-refractivity contribution in [2.75, 3.05) is 13.1 Å². The number of hydrogen-bond donors (Lipinski definition) is 2. The number of aromatic amines is 2. The average Bonchev–Trinajstić information content (AvgIpc) is 3.80. The fourth-order valence-electron chi connectivity index (χ4n) is 5.52. The van der Waals surface area contributed by atoms with Gasteiger partial charge in [0.1, 0.15) is 35.2 Å². The zero-order valence-electron chi connectivity index (χ0n) is 29.1. The van der Waals surface area contributed by atoms with Crippen LogP contribution in [0.5, 0.6) is 5.75 Å². The van der Waals surface area contributed by atoms with Gasteiger partial charge in [0.05, 0.1) is 36.4 Å². The fraction of sp³-hybridized carbons (Fsp3) is 0.459. The highest BCUT2D eigenvalue weighted by atomic mass is 16.6. The number of hydrogen-bond acceptors (Lipinski definition) is 7. The summed E-state index contributed by atoms with van der Waals surface area (Å²) in [7, 11) is 0. The number of carbonyl (C=O) groups is 2. The first-order chi connectivity index (χ1) is 22.8. The third kappa shape index (κ3) is 9.17.